The van der Waals surface area contributed by atoms with E-state index in [1.807, 2.05) is 29.2 Å². The number of carbonyl (C=O) groups excluding carboxylic acids is 1. The smallest absolute Gasteiger partial charge is 0.253 e. The Labute approximate surface area is 165 Å². The number of amides is 1. The van der Waals surface area contributed by atoms with Crippen molar-refractivity contribution in [1.29, 1.82) is 5.26 Å². The third-order valence-corrected chi connectivity index (χ3v) is 5.66. The molecular weight excluding hydrogens is 374 g/mol. The first kappa shape index (κ1) is 19.9. The SMILES string of the molecule is Cc1ccc(C(=O)N2CCC(c3ccc(C#N)cc3)CC2)cc1NS(C)(=O)=O. The van der Waals surface area contributed by atoms with Crippen LogP contribution in [0.15, 0.2) is 42.5 Å². The molecule has 6 nitrogen and oxygen atoms in total. The highest BCUT2D eigenvalue weighted by Crippen LogP contribution is 2.29. The highest BCUT2D eigenvalue weighted by molar-refractivity contribution is 7.92. The van der Waals surface area contributed by atoms with Crippen molar-refractivity contribution in [3.05, 3.63) is 64.7 Å². The van der Waals surface area contributed by atoms with Crippen LogP contribution in [0.2, 0.25) is 0 Å². The molecule has 1 N–H and O–H groups in total. The lowest BCUT2D eigenvalue weighted by molar-refractivity contribution is 0.0713. The molecule has 1 amide bonds. The molecule has 0 atom stereocenters. The summed E-state index contributed by atoms with van der Waals surface area (Å²) in [6.07, 6.45) is 2.81. The van der Waals surface area contributed by atoms with Gasteiger partial charge in [-0.25, -0.2) is 8.42 Å². The zero-order valence-electron chi connectivity index (χ0n) is 16.0. The standard InChI is InChI=1S/C21H23N3O3S/c1-15-3-6-19(13-20(15)23-28(2,26)27)21(25)24-11-9-18(10-12-24)17-7-4-16(14-22)5-8-17/h3-8,13,18,23H,9-12H2,1-2H3. The van der Waals surface area contributed by atoms with Gasteiger partial charge >= 0.3 is 0 Å². The van der Waals surface area contributed by atoms with Gasteiger partial charge in [0.1, 0.15) is 0 Å². The summed E-state index contributed by atoms with van der Waals surface area (Å²) in [5.74, 6) is 0.284. The molecule has 0 radical (unpaired) electrons. The molecule has 0 unspecified atom stereocenters. The maximum atomic E-state index is 12.9. The summed E-state index contributed by atoms with van der Waals surface area (Å²) in [5, 5.41) is 8.91. The molecule has 0 saturated carbocycles. The van der Waals surface area contributed by atoms with Crippen LogP contribution >= 0.6 is 0 Å². The van der Waals surface area contributed by atoms with Crippen molar-refractivity contribution < 1.29 is 13.2 Å². The fraction of sp³-hybridized carbons (Fsp3) is 0.333. The van der Waals surface area contributed by atoms with Gasteiger partial charge < -0.3 is 4.90 Å². The van der Waals surface area contributed by atoms with Gasteiger partial charge in [-0.05, 0) is 61.1 Å². The molecule has 1 saturated heterocycles. The van der Waals surface area contributed by atoms with Gasteiger partial charge in [0.15, 0.2) is 0 Å². The maximum Gasteiger partial charge on any atom is 0.253 e. The number of sulfonamides is 1. The Morgan fingerprint density at radius 2 is 1.79 bits per heavy atom. The number of anilines is 1. The van der Waals surface area contributed by atoms with E-state index in [0.29, 0.717) is 35.8 Å². The monoisotopic (exact) mass is 397 g/mol. The van der Waals surface area contributed by atoms with Crippen molar-refractivity contribution in [1.82, 2.24) is 4.90 Å². The average molecular weight is 398 g/mol. The number of nitriles is 1. The number of carbonyl (C=O) groups is 1. The summed E-state index contributed by atoms with van der Waals surface area (Å²) in [4.78, 5) is 14.7. The Kier molecular flexibility index (Phi) is 5.71. The second kappa shape index (κ2) is 8.03. The summed E-state index contributed by atoms with van der Waals surface area (Å²) in [6, 6.07) is 14.9. The zero-order chi connectivity index (χ0) is 20.3. The Morgan fingerprint density at radius 1 is 1.14 bits per heavy atom. The number of likely N-dealkylation sites (tertiary alicyclic amines) is 1. The van der Waals surface area contributed by atoms with Crippen LogP contribution in [-0.2, 0) is 10.0 Å². The molecule has 3 rings (SSSR count). The van der Waals surface area contributed by atoms with E-state index in [9.17, 15) is 13.2 Å². The zero-order valence-corrected chi connectivity index (χ0v) is 16.8. The lowest BCUT2D eigenvalue weighted by Crippen LogP contribution is -2.38. The van der Waals surface area contributed by atoms with Crippen molar-refractivity contribution in [2.45, 2.75) is 25.7 Å². The quantitative estimate of drug-likeness (QED) is 0.857. The fourth-order valence-corrected chi connectivity index (χ4v) is 4.11. The number of nitrogens with one attached hydrogen (secondary N) is 1. The molecule has 1 fully saturated rings. The van der Waals surface area contributed by atoms with Crippen LogP contribution in [0.5, 0.6) is 0 Å². The highest BCUT2D eigenvalue weighted by atomic mass is 32.2. The summed E-state index contributed by atoms with van der Waals surface area (Å²) in [5.41, 5.74) is 3.52. The summed E-state index contributed by atoms with van der Waals surface area (Å²) < 4.78 is 25.5. The van der Waals surface area contributed by atoms with Gasteiger partial charge in [-0.2, -0.15) is 5.26 Å². The van der Waals surface area contributed by atoms with Gasteiger partial charge in [0.05, 0.1) is 23.6 Å². The van der Waals surface area contributed by atoms with E-state index in [1.54, 1.807) is 25.1 Å². The van der Waals surface area contributed by atoms with Gasteiger partial charge in [-0.15, -0.1) is 0 Å². The van der Waals surface area contributed by atoms with Crippen LogP contribution < -0.4 is 4.72 Å². The molecule has 1 heterocycles. The predicted molar refractivity (Wildman–Crippen MR) is 109 cm³/mol. The van der Waals surface area contributed by atoms with Crippen LogP contribution in [0.25, 0.3) is 0 Å². The Morgan fingerprint density at radius 3 is 2.36 bits per heavy atom. The second-order valence-corrected chi connectivity index (χ2v) is 8.95. The van der Waals surface area contributed by atoms with Gasteiger partial charge in [-0.1, -0.05) is 18.2 Å². The minimum atomic E-state index is -3.41. The molecular formula is C21H23N3O3S. The minimum absolute atomic E-state index is 0.0881. The van der Waals surface area contributed by atoms with Crippen LogP contribution in [0.3, 0.4) is 0 Å². The van der Waals surface area contributed by atoms with E-state index in [0.717, 1.165) is 24.7 Å². The van der Waals surface area contributed by atoms with Crippen molar-refractivity contribution in [3.8, 4) is 6.07 Å². The van der Waals surface area contributed by atoms with Crippen molar-refractivity contribution in [2.75, 3.05) is 24.1 Å². The summed E-state index contributed by atoms with van der Waals surface area (Å²) in [6.45, 7) is 3.09. The van der Waals surface area contributed by atoms with E-state index in [2.05, 4.69) is 10.8 Å². The van der Waals surface area contributed by atoms with Crippen molar-refractivity contribution in [2.24, 2.45) is 0 Å². The molecule has 2 aromatic rings. The Bertz CT molecular complexity index is 1020. The van der Waals surface area contributed by atoms with E-state index >= 15 is 0 Å². The van der Waals surface area contributed by atoms with Crippen molar-refractivity contribution >= 4 is 21.6 Å². The summed E-state index contributed by atoms with van der Waals surface area (Å²) in [7, 11) is -3.41. The molecule has 0 bridgehead atoms. The van der Waals surface area contributed by atoms with E-state index in [4.69, 9.17) is 5.26 Å². The molecule has 7 heteroatoms. The number of piperidine rings is 1. The van der Waals surface area contributed by atoms with Gasteiger partial charge in [-0.3, -0.25) is 9.52 Å². The van der Waals surface area contributed by atoms with Gasteiger partial charge in [0.25, 0.3) is 5.91 Å². The lowest BCUT2D eigenvalue weighted by Gasteiger charge is -2.32. The molecule has 1 aliphatic heterocycles. The third-order valence-electron chi connectivity index (χ3n) is 5.07. The largest absolute Gasteiger partial charge is 0.339 e. The van der Waals surface area contributed by atoms with Crippen LogP contribution in [0, 0.1) is 18.3 Å². The topological polar surface area (TPSA) is 90.3 Å². The number of hydrogen-bond acceptors (Lipinski definition) is 4. The van der Waals surface area contributed by atoms with Gasteiger partial charge in [0, 0.05) is 18.7 Å². The average Bonchev–Trinajstić information content (AvgIpc) is 2.68. The fourth-order valence-electron chi connectivity index (χ4n) is 3.49. The molecule has 0 aromatic heterocycles. The normalized spacial score (nSPS) is 15.1. The first-order valence-electron chi connectivity index (χ1n) is 9.14. The van der Waals surface area contributed by atoms with Gasteiger partial charge in [0.2, 0.25) is 10.0 Å². The van der Waals surface area contributed by atoms with Crippen LogP contribution in [0.4, 0.5) is 5.69 Å². The minimum Gasteiger partial charge on any atom is -0.339 e. The molecule has 0 aliphatic carbocycles. The Hall–Kier alpha value is -2.85. The number of nitrogens with zero attached hydrogens (tertiary/aromatic N) is 2. The lowest BCUT2D eigenvalue weighted by atomic mass is 9.89. The highest BCUT2D eigenvalue weighted by Gasteiger charge is 2.25. The third kappa shape index (κ3) is 4.70. The molecule has 146 valence electrons. The number of aryl methyl sites for hydroxylation is 1. The molecule has 1 aliphatic rings. The molecule has 0 spiro atoms. The molecule has 2 aromatic carbocycles. The van der Waals surface area contributed by atoms with E-state index in [-0.39, 0.29) is 5.91 Å². The van der Waals surface area contributed by atoms with Crippen molar-refractivity contribution in [3.63, 3.8) is 0 Å². The number of benzene rings is 2. The first-order chi connectivity index (χ1) is 13.3. The summed E-state index contributed by atoms with van der Waals surface area (Å²) >= 11 is 0. The van der Waals surface area contributed by atoms with Crippen LogP contribution in [0.1, 0.15) is 45.8 Å². The predicted octanol–water partition coefficient (Wildman–Crippen LogP) is 3.26. The maximum absolute atomic E-state index is 12.9. The van der Waals surface area contributed by atoms with E-state index in [1.165, 1.54) is 5.56 Å². The Balaban J connectivity index is 1.68. The van der Waals surface area contributed by atoms with E-state index < -0.39 is 10.0 Å². The molecule has 28 heavy (non-hydrogen) atoms. The number of hydrogen-bond donors (Lipinski definition) is 1. The first-order valence-corrected chi connectivity index (χ1v) is 11.0. The number of rotatable bonds is 4. The van der Waals surface area contributed by atoms with Crippen LogP contribution in [-0.4, -0.2) is 38.6 Å². The second-order valence-electron chi connectivity index (χ2n) is 7.20.